The third kappa shape index (κ3) is 3.44. The van der Waals surface area contributed by atoms with Gasteiger partial charge in [0, 0.05) is 11.6 Å². The second-order valence-corrected chi connectivity index (χ2v) is 4.73. The monoisotopic (exact) mass is 299 g/mol. The number of aromatic carboxylic acids is 1. The van der Waals surface area contributed by atoms with Crippen LogP contribution in [0.5, 0.6) is 5.75 Å². The molecule has 2 aromatic rings. The zero-order chi connectivity index (χ0) is 16.1. The predicted octanol–water partition coefficient (Wildman–Crippen LogP) is 3.35. The van der Waals surface area contributed by atoms with Crippen molar-refractivity contribution in [2.24, 2.45) is 0 Å². The number of ether oxygens (including phenoxy) is 1. The van der Waals surface area contributed by atoms with E-state index in [1.807, 2.05) is 6.92 Å². The van der Waals surface area contributed by atoms with Crippen LogP contribution >= 0.6 is 0 Å². The lowest BCUT2D eigenvalue weighted by Gasteiger charge is -2.08. The molecule has 0 heterocycles. The third-order valence-electron chi connectivity index (χ3n) is 3.16. The number of nitrogens with zero attached hydrogens (tertiary/aromatic N) is 1. The lowest BCUT2D eigenvalue weighted by Crippen LogP contribution is -2.08. The van der Waals surface area contributed by atoms with Crippen LogP contribution in [0, 0.1) is 12.1 Å². The van der Waals surface area contributed by atoms with Gasteiger partial charge in [0.25, 0.3) is 0 Å². The molecule has 0 saturated carbocycles. The first kappa shape index (κ1) is 15.6. The molecule has 22 heavy (non-hydrogen) atoms. The van der Waals surface area contributed by atoms with Crippen molar-refractivity contribution in [1.29, 1.82) is 0 Å². The highest BCUT2D eigenvalue weighted by Gasteiger charge is 2.18. The first-order valence-electron chi connectivity index (χ1n) is 6.90. The Bertz CT molecular complexity index is 705. The zero-order valence-corrected chi connectivity index (χ0v) is 12.4. The summed E-state index contributed by atoms with van der Waals surface area (Å²) in [7, 11) is 0. The number of rotatable bonds is 5. The highest BCUT2D eigenvalue weighted by Crippen LogP contribution is 2.22. The Morgan fingerprint density at radius 1 is 1.27 bits per heavy atom. The van der Waals surface area contributed by atoms with Crippen molar-refractivity contribution in [2.45, 2.75) is 13.8 Å². The summed E-state index contributed by atoms with van der Waals surface area (Å²) < 4.78 is 5.91. The van der Waals surface area contributed by atoms with Gasteiger partial charge < -0.3 is 15.1 Å². The normalized spacial score (nSPS) is 11.3. The van der Waals surface area contributed by atoms with Crippen molar-refractivity contribution in [3.63, 3.8) is 0 Å². The molecule has 0 amide bonds. The summed E-state index contributed by atoms with van der Waals surface area (Å²) in [5.41, 5.74) is 1.34. The molecule has 1 N–H and O–H groups in total. The number of hydrogen-bond donors (Lipinski definition) is 1. The maximum absolute atomic E-state index is 12.3. The summed E-state index contributed by atoms with van der Waals surface area (Å²) >= 11 is 0. The lowest BCUT2D eigenvalue weighted by atomic mass is 10.1. The van der Waals surface area contributed by atoms with Crippen LogP contribution in [0.3, 0.4) is 0 Å². The number of carbonyl (C=O) groups is 1. The SMILES string of the molecule is CCOc1ccc(C=[N+]([O-])c2cccc(C)c2C(=O)O)cc1. The van der Waals surface area contributed by atoms with E-state index in [-0.39, 0.29) is 11.3 Å². The Labute approximate surface area is 128 Å². The van der Waals surface area contributed by atoms with E-state index < -0.39 is 5.97 Å². The van der Waals surface area contributed by atoms with Crippen molar-refractivity contribution in [1.82, 2.24) is 0 Å². The van der Waals surface area contributed by atoms with E-state index in [1.54, 1.807) is 43.3 Å². The average Bonchev–Trinajstić information content (AvgIpc) is 2.49. The molecule has 0 fully saturated rings. The topological polar surface area (TPSA) is 72.6 Å². The molecule has 0 unspecified atom stereocenters. The number of carboxylic acid groups (broad SMARTS) is 1. The summed E-state index contributed by atoms with van der Waals surface area (Å²) in [4.78, 5) is 11.3. The second kappa shape index (κ2) is 6.76. The average molecular weight is 299 g/mol. The maximum atomic E-state index is 12.3. The molecule has 2 rings (SSSR count). The maximum Gasteiger partial charge on any atom is 0.342 e. The summed E-state index contributed by atoms with van der Waals surface area (Å²) in [6, 6.07) is 11.8. The van der Waals surface area contributed by atoms with Gasteiger partial charge in [0.1, 0.15) is 11.3 Å². The largest absolute Gasteiger partial charge is 0.618 e. The third-order valence-corrected chi connectivity index (χ3v) is 3.16. The fraction of sp³-hybridized carbons (Fsp3) is 0.176. The molecule has 0 bridgehead atoms. The van der Waals surface area contributed by atoms with E-state index in [1.165, 1.54) is 12.3 Å². The van der Waals surface area contributed by atoms with Crippen LogP contribution in [-0.4, -0.2) is 28.6 Å². The van der Waals surface area contributed by atoms with E-state index in [0.29, 0.717) is 22.5 Å². The fourth-order valence-corrected chi connectivity index (χ4v) is 2.14. The lowest BCUT2D eigenvalue weighted by molar-refractivity contribution is -0.354. The van der Waals surface area contributed by atoms with Gasteiger partial charge in [0.05, 0.1) is 6.61 Å². The smallest absolute Gasteiger partial charge is 0.342 e. The molecule has 0 aliphatic carbocycles. The number of benzene rings is 2. The molecule has 0 radical (unpaired) electrons. The molecular weight excluding hydrogens is 282 g/mol. The summed E-state index contributed by atoms with van der Waals surface area (Å²) in [5.74, 6) is -0.395. The van der Waals surface area contributed by atoms with Gasteiger partial charge in [-0.25, -0.2) is 4.79 Å². The first-order valence-corrected chi connectivity index (χ1v) is 6.90. The Hall–Kier alpha value is -2.82. The molecule has 5 heteroatoms. The van der Waals surface area contributed by atoms with Crippen LogP contribution < -0.4 is 4.74 Å². The van der Waals surface area contributed by atoms with E-state index in [2.05, 4.69) is 0 Å². The molecule has 0 aromatic heterocycles. The number of aryl methyl sites for hydroxylation is 1. The molecule has 0 atom stereocenters. The van der Waals surface area contributed by atoms with Crippen LogP contribution in [0.15, 0.2) is 42.5 Å². The number of hydrogen-bond acceptors (Lipinski definition) is 3. The van der Waals surface area contributed by atoms with Crippen molar-refractivity contribution in [3.05, 3.63) is 64.4 Å². The van der Waals surface area contributed by atoms with Crippen LogP contribution in [0.2, 0.25) is 0 Å². The molecule has 0 aliphatic rings. The van der Waals surface area contributed by atoms with Crippen LogP contribution in [0.1, 0.15) is 28.4 Å². The minimum Gasteiger partial charge on any atom is -0.618 e. The van der Waals surface area contributed by atoms with E-state index >= 15 is 0 Å². The van der Waals surface area contributed by atoms with Crippen LogP contribution in [0.4, 0.5) is 5.69 Å². The van der Waals surface area contributed by atoms with Crippen LogP contribution in [-0.2, 0) is 0 Å². The van der Waals surface area contributed by atoms with Gasteiger partial charge in [-0.3, -0.25) is 0 Å². The van der Waals surface area contributed by atoms with Crippen molar-refractivity contribution in [2.75, 3.05) is 6.61 Å². The summed E-state index contributed by atoms with van der Waals surface area (Å²) in [6.45, 7) is 4.13. The van der Waals surface area contributed by atoms with E-state index in [0.717, 1.165) is 5.75 Å². The molecule has 2 aromatic carbocycles. The summed E-state index contributed by atoms with van der Waals surface area (Å²) in [5, 5.41) is 21.5. The van der Waals surface area contributed by atoms with Gasteiger partial charge in [0.15, 0.2) is 6.21 Å². The Kier molecular flexibility index (Phi) is 4.78. The van der Waals surface area contributed by atoms with Gasteiger partial charge in [-0.05, 0) is 43.7 Å². The fourth-order valence-electron chi connectivity index (χ4n) is 2.14. The van der Waals surface area contributed by atoms with Gasteiger partial charge in [-0.1, -0.05) is 12.1 Å². The van der Waals surface area contributed by atoms with Crippen LogP contribution in [0.25, 0.3) is 0 Å². The molecule has 5 nitrogen and oxygen atoms in total. The van der Waals surface area contributed by atoms with E-state index in [9.17, 15) is 15.1 Å². The standard InChI is InChI=1S/C17H17NO4/c1-3-22-14-9-7-13(8-10-14)11-18(21)15-6-4-5-12(2)16(15)17(19)20/h4-11H,3H2,1-2H3,(H,19,20). The predicted molar refractivity (Wildman–Crippen MR) is 84.2 cm³/mol. The number of carboxylic acids is 1. The molecule has 0 saturated heterocycles. The van der Waals surface area contributed by atoms with Gasteiger partial charge in [0.2, 0.25) is 5.69 Å². The Balaban J connectivity index is 2.37. The highest BCUT2D eigenvalue weighted by atomic mass is 16.5. The molecule has 0 spiro atoms. The first-order chi connectivity index (χ1) is 10.5. The van der Waals surface area contributed by atoms with Gasteiger partial charge in [-0.2, -0.15) is 4.74 Å². The van der Waals surface area contributed by atoms with Gasteiger partial charge in [-0.15, -0.1) is 0 Å². The highest BCUT2D eigenvalue weighted by molar-refractivity contribution is 5.94. The Morgan fingerprint density at radius 2 is 1.95 bits per heavy atom. The van der Waals surface area contributed by atoms with Crippen molar-refractivity contribution in [3.8, 4) is 5.75 Å². The van der Waals surface area contributed by atoms with Gasteiger partial charge >= 0.3 is 5.97 Å². The minimum atomic E-state index is -1.12. The van der Waals surface area contributed by atoms with E-state index in [4.69, 9.17) is 4.74 Å². The molecular formula is C17H17NO4. The zero-order valence-electron chi connectivity index (χ0n) is 12.4. The minimum absolute atomic E-state index is 0.0136. The van der Waals surface area contributed by atoms with Crippen molar-refractivity contribution >= 4 is 17.9 Å². The second-order valence-electron chi connectivity index (χ2n) is 4.73. The summed E-state index contributed by atoms with van der Waals surface area (Å²) in [6.07, 6.45) is 1.34. The Morgan fingerprint density at radius 3 is 2.55 bits per heavy atom. The van der Waals surface area contributed by atoms with Crippen molar-refractivity contribution < 1.29 is 19.4 Å². The molecule has 0 aliphatic heterocycles. The quantitative estimate of drug-likeness (QED) is 0.398. The molecule has 114 valence electrons.